The lowest BCUT2D eigenvalue weighted by Crippen LogP contribution is -2.15. The molecule has 1 unspecified atom stereocenters. The number of anilines is 1. The lowest BCUT2D eigenvalue weighted by atomic mass is 10.0. The van der Waals surface area contributed by atoms with Crippen LogP contribution >= 0.6 is 0 Å². The van der Waals surface area contributed by atoms with Crippen LogP contribution in [0.3, 0.4) is 0 Å². The van der Waals surface area contributed by atoms with E-state index >= 15 is 0 Å². The van der Waals surface area contributed by atoms with Crippen LogP contribution in [0.4, 0.5) is 5.82 Å². The Labute approximate surface area is 104 Å². The molecule has 1 rings (SSSR count). The lowest BCUT2D eigenvalue weighted by Gasteiger charge is -2.16. The number of hydrogen-bond acceptors (Lipinski definition) is 4. The second-order valence-electron chi connectivity index (χ2n) is 4.64. The summed E-state index contributed by atoms with van der Waals surface area (Å²) in [5, 5.41) is 3.16. The zero-order valence-corrected chi connectivity index (χ0v) is 11.7. The molecule has 0 aliphatic rings. The maximum atomic E-state index is 5.24. The quantitative estimate of drug-likeness (QED) is 0.855. The molecule has 0 saturated heterocycles. The molecule has 17 heavy (non-hydrogen) atoms. The highest BCUT2D eigenvalue weighted by Crippen LogP contribution is 2.25. The van der Waals surface area contributed by atoms with Gasteiger partial charge in [-0.15, -0.1) is 0 Å². The van der Waals surface area contributed by atoms with Gasteiger partial charge in [-0.25, -0.2) is 9.97 Å². The predicted octanol–water partition coefficient (Wildman–Crippen LogP) is 2.53. The standard InChI is InChI=1S/C13H23N3O/c1-8(2)12-10(4)15-11(7-9(3)17-6)16-13(12)14-5/h8-9H,7H2,1-6H3,(H,14,15,16). The molecule has 4 heteroatoms. The third kappa shape index (κ3) is 3.40. The van der Waals surface area contributed by atoms with E-state index in [4.69, 9.17) is 4.74 Å². The SMILES string of the molecule is CNc1nc(CC(C)OC)nc(C)c1C(C)C. The molecule has 1 aromatic rings. The average molecular weight is 237 g/mol. The van der Waals surface area contributed by atoms with Crippen molar-refractivity contribution in [2.75, 3.05) is 19.5 Å². The Balaban J connectivity index is 3.09. The van der Waals surface area contributed by atoms with Crippen LogP contribution in [0.15, 0.2) is 0 Å². The lowest BCUT2D eigenvalue weighted by molar-refractivity contribution is 0.117. The molecule has 0 aliphatic heterocycles. The van der Waals surface area contributed by atoms with Crippen molar-refractivity contribution in [3.63, 3.8) is 0 Å². The van der Waals surface area contributed by atoms with Crippen LogP contribution < -0.4 is 5.32 Å². The van der Waals surface area contributed by atoms with Crippen molar-refractivity contribution in [1.82, 2.24) is 9.97 Å². The van der Waals surface area contributed by atoms with Gasteiger partial charge in [0.25, 0.3) is 0 Å². The van der Waals surface area contributed by atoms with Gasteiger partial charge in [-0.1, -0.05) is 13.8 Å². The Morgan fingerprint density at radius 2 is 1.88 bits per heavy atom. The van der Waals surface area contributed by atoms with E-state index in [0.29, 0.717) is 5.92 Å². The van der Waals surface area contributed by atoms with E-state index < -0.39 is 0 Å². The summed E-state index contributed by atoms with van der Waals surface area (Å²) in [7, 11) is 3.61. The monoisotopic (exact) mass is 237 g/mol. The maximum Gasteiger partial charge on any atom is 0.133 e. The van der Waals surface area contributed by atoms with E-state index in [9.17, 15) is 0 Å². The minimum Gasteiger partial charge on any atom is -0.381 e. The van der Waals surface area contributed by atoms with Crippen molar-refractivity contribution >= 4 is 5.82 Å². The number of methoxy groups -OCH3 is 1. The Hall–Kier alpha value is -1.16. The number of nitrogens with zero attached hydrogens (tertiary/aromatic N) is 2. The molecule has 4 nitrogen and oxygen atoms in total. The first-order valence-electron chi connectivity index (χ1n) is 6.07. The fourth-order valence-corrected chi connectivity index (χ4v) is 1.95. The highest BCUT2D eigenvalue weighted by atomic mass is 16.5. The van der Waals surface area contributed by atoms with Crippen LogP contribution in [-0.2, 0) is 11.2 Å². The van der Waals surface area contributed by atoms with Crippen molar-refractivity contribution in [3.05, 3.63) is 17.1 Å². The van der Waals surface area contributed by atoms with Crippen LogP contribution in [0.2, 0.25) is 0 Å². The molecule has 1 N–H and O–H groups in total. The van der Waals surface area contributed by atoms with Crippen LogP contribution in [0.1, 0.15) is 43.8 Å². The number of aromatic nitrogens is 2. The molecule has 0 radical (unpaired) electrons. The van der Waals surface area contributed by atoms with Gasteiger partial charge in [0.1, 0.15) is 11.6 Å². The van der Waals surface area contributed by atoms with Crippen LogP contribution in [0.25, 0.3) is 0 Å². The van der Waals surface area contributed by atoms with Gasteiger partial charge in [0, 0.05) is 31.8 Å². The van der Waals surface area contributed by atoms with Gasteiger partial charge < -0.3 is 10.1 Å². The molecule has 0 bridgehead atoms. The number of ether oxygens (including phenoxy) is 1. The minimum atomic E-state index is 0.143. The summed E-state index contributed by atoms with van der Waals surface area (Å²) >= 11 is 0. The van der Waals surface area contributed by atoms with Crippen LogP contribution in [0.5, 0.6) is 0 Å². The highest BCUT2D eigenvalue weighted by molar-refractivity contribution is 5.47. The largest absolute Gasteiger partial charge is 0.381 e. The molecule has 0 saturated carbocycles. The fraction of sp³-hybridized carbons (Fsp3) is 0.692. The van der Waals surface area contributed by atoms with Crippen molar-refractivity contribution in [2.45, 2.75) is 46.1 Å². The molecular formula is C13H23N3O. The van der Waals surface area contributed by atoms with Gasteiger partial charge >= 0.3 is 0 Å². The van der Waals surface area contributed by atoms with Gasteiger partial charge in [0.05, 0.1) is 6.10 Å². The Morgan fingerprint density at radius 3 is 2.35 bits per heavy atom. The molecule has 0 spiro atoms. The van der Waals surface area contributed by atoms with Gasteiger partial charge in [0.2, 0.25) is 0 Å². The summed E-state index contributed by atoms with van der Waals surface area (Å²) in [4.78, 5) is 9.12. The number of nitrogens with one attached hydrogen (secondary N) is 1. The normalized spacial score (nSPS) is 12.9. The maximum absolute atomic E-state index is 5.24. The Bertz CT molecular complexity index is 377. The first-order chi connectivity index (χ1) is 7.99. The molecule has 1 atom stereocenters. The van der Waals surface area contributed by atoms with E-state index in [2.05, 4.69) is 29.1 Å². The summed E-state index contributed by atoms with van der Waals surface area (Å²) in [6.07, 6.45) is 0.883. The van der Waals surface area contributed by atoms with E-state index in [1.165, 1.54) is 5.56 Å². The highest BCUT2D eigenvalue weighted by Gasteiger charge is 2.14. The molecule has 0 amide bonds. The molecule has 1 heterocycles. The Kier molecular flexibility index (Phi) is 4.87. The van der Waals surface area contributed by atoms with Crippen molar-refractivity contribution in [3.8, 4) is 0 Å². The number of rotatable bonds is 5. The summed E-state index contributed by atoms with van der Waals surface area (Å²) in [5.41, 5.74) is 2.25. The van der Waals surface area contributed by atoms with Crippen molar-refractivity contribution in [2.24, 2.45) is 0 Å². The van der Waals surface area contributed by atoms with Crippen molar-refractivity contribution in [1.29, 1.82) is 0 Å². The van der Waals surface area contributed by atoms with E-state index in [0.717, 1.165) is 23.8 Å². The second kappa shape index (κ2) is 5.96. The molecule has 96 valence electrons. The summed E-state index contributed by atoms with van der Waals surface area (Å²) < 4.78 is 5.24. The number of hydrogen-bond donors (Lipinski definition) is 1. The average Bonchev–Trinajstić information content (AvgIpc) is 2.27. The van der Waals surface area contributed by atoms with Crippen LogP contribution in [-0.4, -0.2) is 30.2 Å². The second-order valence-corrected chi connectivity index (χ2v) is 4.64. The summed E-state index contributed by atoms with van der Waals surface area (Å²) in [5.74, 6) is 2.20. The molecule has 0 aliphatic carbocycles. The number of aryl methyl sites for hydroxylation is 1. The fourth-order valence-electron chi connectivity index (χ4n) is 1.95. The smallest absolute Gasteiger partial charge is 0.133 e. The molecule has 0 fully saturated rings. The van der Waals surface area contributed by atoms with Gasteiger partial charge in [-0.05, 0) is 19.8 Å². The molecule has 0 aromatic carbocycles. The first kappa shape index (κ1) is 13.9. The zero-order chi connectivity index (χ0) is 13.0. The van der Waals surface area contributed by atoms with Crippen LogP contribution in [0, 0.1) is 6.92 Å². The van der Waals surface area contributed by atoms with Crippen molar-refractivity contribution < 1.29 is 4.74 Å². The minimum absolute atomic E-state index is 0.143. The topological polar surface area (TPSA) is 47.0 Å². The summed E-state index contributed by atoms with van der Waals surface area (Å²) in [6.45, 7) is 8.38. The van der Waals surface area contributed by atoms with Gasteiger partial charge in [-0.2, -0.15) is 0 Å². The molecular weight excluding hydrogens is 214 g/mol. The Morgan fingerprint density at radius 1 is 1.24 bits per heavy atom. The summed E-state index contributed by atoms with van der Waals surface area (Å²) in [6, 6.07) is 0. The van der Waals surface area contributed by atoms with E-state index in [-0.39, 0.29) is 6.10 Å². The third-order valence-corrected chi connectivity index (χ3v) is 2.87. The van der Waals surface area contributed by atoms with E-state index in [1.54, 1.807) is 7.11 Å². The van der Waals surface area contributed by atoms with Gasteiger partial charge in [-0.3, -0.25) is 0 Å². The third-order valence-electron chi connectivity index (χ3n) is 2.87. The predicted molar refractivity (Wildman–Crippen MR) is 70.6 cm³/mol. The molecule has 1 aromatic heterocycles. The van der Waals surface area contributed by atoms with Gasteiger partial charge in [0.15, 0.2) is 0 Å². The first-order valence-corrected chi connectivity index (χ1v) is 6.07. The zero-order valence-electron chi connectivity index (χ0n) is 11.7. The van der Waals surface area contributed by atoms with E-state index in [1.807, 2.05) is 20.9 Å².